The monoisotopic (exact) mass is 257 g/mol. The lowest BCUT2D eigenvalue weighted by molar-refractivity contribution is 0.599. The fourth-order valence-corrected chi connectivity index (χ4v) is 2.09. The van der Waals surface area contributed by atoms with Gasteiger partial charge in [-0.2, -0.15) is 0 Å². The molecule has 0 saturated carbocycles. The first-order valence-electron chi connectivity index (χ1n) is 7.10. The number of nitrogens with one attached hydrogen (secondary N) is 1. The van der Waals surface area contributed by atoms with E-state index in [4.69, 9.17) is 4.42 Å². The van der Waals surface area contributed by atoms with Crippen LogP contribution in [0.5, 0.6) is 0 Å². The van der Waals surface area contributed by atoms with E-state index in [-0.39, 0.29) is 0 Å². The van der Waals surface area contributed by atoms with E-state index in [1.165, 1.54) is 11.0 Å². The summed E-state index contributed by atoms with van der Waals surface area (Å²) >= 11 is 0. The van der Waals surface area contributed by atoms with Crippen LogP contribution in [-0.4, -0.2) is 13.1 Å². The summed E-state index contributed by atoms with van der Waals surface area (Å²) in [6, 6.07) is 10.2. The van der Waals surface area contributed by atoms with Gasteiger partial charge in [0.2, 0.25) is 0 Å². The number of hydrogen-bond acceptors (Lipinski definition) is 2. The molecule has 2 nitrogen and oxygen atoms in total. The van der Waals surface area contributed by atoms with Crippen LogP contribution in [0.4, 0.5) is 0 Å². The third-order valence-corrected chi connectivity index (χ3v) is 3.27. The summed E-state index contributed by atoms with van der Waals surface area (Å²) < 4.78 is 5.85. The van der Waals surface area contributed by atoms with Gasteiger partial charge in [0.25, 0.3) is 0 Å². The van der Waals surface area contributed by atoms with Gasteiger partial charge in [-0.3, -0.25) is 0 Å². The normalized spacial score (nSPS) is 12.5. The van der Waals surface area contributed by atoms with Crippen LogP contribution in [0.1, 0.15) is 33.0 Å². The summed E-state index contributed by atoms with van der Waals surface area (Å²) in [7, 11) is 0. The van der Waals surface area contributed by atoms with Crippen molar-refractivity contribution in [3.63, 3.8) is 0 Å². The molecule has 0 amide bonds. The van der Waals surface area contributed by atoms with Gasteiger partial charge in [-0.05, 0) is 37.1 Å². The standard InChI is InChI=1S/C17H23NO/c1-4-9-18-12-15(13(2)3)11-16-10-14-7-5-6-8-17(14)19-16/h5-8,10-11,13,18H,4,9,12H2,1-3H3. The highest BCUT2D eigenvalue weighted by atomic mass is 16.3. The fraction of sp³-hybridized carbons (Fsp3) is 0.412. The first-order valence-corrected chi connectivity index (χ1v) is 7.10. The minimum atomic E-state index is 0.526. The van der Waals surface area contributed by atoms with E-state index in [0.29, 0.717) is 5.92 Å². The second-order valence-corrected chi connectivity index (χ2v) is 5.24. The Labute approximate surface area is 115 Å². The lowest BCUT2D eigenvalue weighted by Gasteiger charge is -2.11. The van der Waals surface area contributed by atoms with Crippen LogP contribution >= 0.6 is 0 Å². The number of para-hydroxylation sites is 1. The largest absolute Gasteiger partial charge is 0.457 e. The van der Waals surface area contributed by atoms with Crippen LogP contribution in [0.25, 0.3) is 17.0 Å². The third kappa shape index (κ3) is 3.71. The Hall–Kier alpha value is -1.54. The van der Waals surface area contributed by atoms with Crippen molar-refractivity contribution in [3.05, 3.63) is 41.7 Å². The first-order chi connectivity index (χ1) is 9.20. The Bertz CT molecular complexity index is 518. The van der Waals surface area contributed by atoms with Gasteiger partial charge in [-0.15, -0.1) is 0 Å². The molecule has 0 fully saturated rings. The zero-order valence-electron chi connectivity index (χ0n) is 12.1. The van der Waals surface area contributed by atoms with Gasteiger partial charge in [-0.1, -0.05) is 44.5 Å². The first kappa shape index (κ1) is 13.9. The van der Waals surface area contributed by atoms with Crippen molar-refractivity contribution in [2.24, 2.45) is 5.92 Å². The second-order valence-electron chi connectivity index (χ2n) is 5.24. The Kier molecular flexibility index (Phi) is 4.80. The minimum Gasteiger partial charge on any atom is -0.457 e. The lowest BCUT2D eigenvalue weighted by atomic mass is 10.0. The minimum absolute atomic E-state index is 0.526. The predicted octanol–water partition coefficient (Wildman–Crippen LogP) is 4.47. The molecule has 0 atom stereocenters. The van der Waals surface area contributed by atoms with Gasteiger partial charge in [0.1, 0.15) is 11.3 Å². The van der Waals surface area contributed by atoms with E-state index in [2.05, 4.69) is 44.3 Å². The second kappa shape index (κ2) is 6.58. The molecule has 2 rings (SSSR count). The summed E-state index contributed by atoms with van der Waals surface area (Å²) in [4.78, 5) is 0. The summed E-state index contributed by atoms with van der Waals surface area (Å²) in [5.74, 6) is 1.47. The Morgan fingerprint density at radius 1 is 1.32 bits per heavy atom. The average Bonchev–Trinajstić information content (AvgIpc) is 2.80. The third-order valence-electron chi connectivity index (χ3n) is 3.27. The van der Waals surface area contributed by atoms with Crippen LogP contribution in [0, 0.1) is 5.92 Å². The van der Waals surface area contributed by atoms with Crippen LogP contribution in [0.15, 0.2) is 40.3 Å². The van der Waals surface area contributed by atoms with Crippen LogP contribution in [0.3, 0.4) is 0 Å². The molecule has 0 aliphatic heterocycles. The quantitative estimate of drug-likeness (QED) is 0.772. The molecule has 0 bridgehead atoms. The van der Waals surface area contributed by atoms with Gasteiger partial charge in [0, 0.05) is 11.9 Å². The molecule has 0 unspecified atom stereocenters. The van der Waals surface area contributed by atoms with Crippen molar-refractivity contribution >= 4 is 17.0 Å². The molecule has 2 heteroatoms. The van der Waals surface area contributed by atoms with Crippen molar-refractivity contribution in [1.29, 1.82) is 0 Å². The molecular formula is C17H23NO. The summed E-state index contributed by atoms with van der Waals surface area (Å²) in [5, 5.41) is 4.63. The Morgan fingerprint density at radius 3 is 2.79 bits per heavy atom. The van der Waals surface area contributed by atoms with Crippen molar-refractivity contribution in [2.45, 2.75) is 27.2 Å². The van der Waals surface area contributed by atoms with E-state index in [0.717, 1.165) is 30.9 Å². The number of furan rings is 1. The van der Waals surface area contributed by atoms with Crippen LogP contribution in [-0.2, 0) is 0 Å². The van der Waals surface area contributed by atoms with E-state index < -0.39 is 0 Å². The smallest absolute Gasteiger partial charge is 0.134 e. The molecule has 0 aliphatic carbocycles. The summed E-state index contributed by atoms with van der Waals surface area (Å²) in [6.45, 7) is 8.63. The molecule has 19 heavy (non-hydrogen) atoms. The van der Waals surface area contributed by atoms with Gasteiger partial charge in [-0.25, -0.2) is 0 Å². The SMILES string of the molecule is CCCNCC(=Cc1cc2ccccc2o1)C(C)C. The Balaban J connectivity index is 2.19. The molecule has 0 radical (unpaired) electrons. The molecule has 0 spiro atoms. The Morgan fingerprint density at radius 2 is 2.11 bits per heavy atom. The van der Waals surface area contributed by atoms with Gasteiger partial charge in [0.05, 0.1) is 0 Å². The number of hydrogen-bond donors (Lipinski definition) is 1. The van der Waals surface area contributed by atoms with Crippen LogP contribution in [0.2, 0.25) is 0 Å². The van der Waals surface area contributed by atoms with Gasteiger partial charge < -0.3 is 9.73 Å². The maximum atomic E-state index is 5.85. The maximum Gasteiger partial charge on any atom is 0.134 e. The summed E-state index contributed by atoms with van der Waals surface area (Å²) in [6.07, 6.45) is 3.34. The number of benzene rings is 1. The number of rotatable bonds is 6. The highest BCUT2D eigenvalue weighted by Crippen LogP contribution is 2.22. The van der Waals surface area contributed by atoms with Crippen molar-refractivity contribution in [3.8, 4) is 0 Å². The highest BCUT2D eigenvalue weighted by Gasteiger charge is 2.06. The molecule has 0 aliphatic rings. The molecule has 2 aromatic rings. The molecular weight excluding hydrogens is 234 g/mol. The topological polar surface area (TPSA) is 25.2 Å². The molecule has 1 aromatic carbocycles. The molecule has 1 N–H and O–H groups in total. The molecule has 1 aromatic heterocycles. The fourth-order valence-electron chi connectivity index (χ4n) is 2.09. The van der Waals surface area contributed by atoms with E-state index in [1.807, 2.05) is 18.2 Å². The van der Waals surface area contributed by atoms with Gasteiger partial charge >= 0.3 is 0 Å². The predicted molar refractivity (Wildman–Crippen MR) is 82.2 cm³/mol. The zero-order valence-corrected chi connectivity index (χ0v) is 12.1. The molecule has 1 heterocycles. The lowest BCUT2D eigenvalue weighted by Crippen LogP contribution is -2.19. The van der Waals surface area contributed by atoms with Crippen LogP contribution < -0.4 is 5.32 Å². The zero-order chi connectivity index (χ0) is 13.7. The maximum absolute atomic E-state index is 5.85. The molecule has 0 saturated heterocycles. The van der Waals surface area contributed by atoms with Crippen molar-refractivity contribution in [1.82, 2.24) is 5.32 Å². The van der Waals surface area contributed by atoms with E-state index in [1.54, 1.807) is 0 Å². The summed E-state index contributed by atoms with van der Waals surface area (Å²) in [5.41, 5.74) is 2.34. The number of fused-ring (bicyclic) bond motifs is 1. The van der Waals surface area contributed by atoms with Crippen molar-refractivity contribution < 1.29 is 4.42 Å². The van der Waals surface area contributed by atoms with Gasteiger partial charge in [0.15, 0.2) is 0 Å². The van der Waals surface area contributed by atoms with Crippen molar-refractivity contribution in [2.75, 3.05) is 13.1 Å². The highest BCUT2D eigenvalue weighted by molar-refractivity contribution is 5.79. The van der Waals surface area contributed by atoms with E-state index in [9.17, 15) is 0 Å². The van der Waals surface area contributed by atoms with E-state index >= 15 is 0 Å². The molecule has 102 valence electrons. The average molecular weight is 257 g/mol.